The summed E-state index contributed by atoms with van der Waals surface area (Å²) in [6.07, 6.45) is 9.45. The summed E-state index contributed by atoms with van der Waals surface area (Å²) in [5.41, 5.74) is 5.55. The highest BCUT2D eigenvalue weighted by molar-refractivity contribution is 6.30. The van der Waals surface area contributed by atoms with E-state index in [1.807, 2.05) is 42.6 Å². The lowest BCUT2D eigenvalue weighted by Gasteiger charge is -2.44. The van der Waals surface area contributed by atoms with Gasteiger partial charge in [0.05, 0.1) is 28.4 Å². The van der Waals surface area contributed by atoms with Gasteiger partial charge in [0.2, 0.25) is 17.8 Å². The Balaban J connectivity index is 0.724. The minimum Gasteiger partial charge on any atom is -0.487 e. The molecule has 4 saturated heterocycles. The van der Waals surface area contributed by atoms with Crippen molar-refractivity contribution in [1.82, 2.24) is 29.3 Å². The molecule has 4 fully saturated rings. The number of halogens is 1. The van der Waals surface area contributed by atoms with Gasteiger partial charge in [0, 0.05) is 68.0 Å². The van der Waals surface area contributed by atoms with Crippen LogP contribution >= 0.6 is 11.6 Å². The van der Waals surface area contributed by atoms with Crippen molar-refractivity contribution >= 4 is 46.1 Å². The van der Waals surface area contributed by atoms with E-state index < -0.39 is 11.9 Å². The quantitative estimate of drug-likeness (QED) is 0.144. The second kappa shape index (κ2) is 17.8. The summed E-state index contributed by atoms with van der Waals surface area (Å²) in [7, 11) is 1.76. The summed E-state index contributed by atoms with van der Waals surface area (Å²) in [5, 5.41) is 12.4. The third-order valence-corrected chi connectivity index (χ3v) is 14.6. The van der Waals surface area contributed by atoms with E-state index >= 15 is 0 Å². The van der Waals surface area contributed by atoms with Crippen molar-refractivity contribution in [2.45, 2.75) is 89.3 Å². The Labute approximate surface area is 373 Å². The molecule has 6 heterocycles. The zero-order chi connectivity index (χ0) is 43.8. The van der Waals surface area contributed by atoms with Crippen LogP contribution in [-0.2, 0) is 28.7 Å². The number of nitrogens with one attached hydrogen (secondary N) is 1. The molecule has 0 bridgehead atoms. The zero-order valence-corrected chi connectivity index (χ0v) is 37.2. The highest BCUT2D eigenvalue weighted by atomic mass is 35.5. The minimum absolute atomic E-state index is 0.230. The minimum atomic E-state index is -0.676. The van der Waals surface area contributed by atoms with Gasteiger partial charge in [0.15, 0.2) is 0 Å². The fourth-order valence-corrected chi connectivity index (χ4v) is 10.8. The van der Waals surface area contributed by atoms with Crippen LogP contribution in [0, 0.1) is 23.2 Å². The molecule has 4 aliphatic rings. The number of piperidine rings is 4. The van der Waals surface area contributed by atoms with Gasteiger partial charge < -0.3 is 19.4 Å². The molecule has 4 aliphatic heterocycles. The molecule has 63 heavy (non-hydrogen) atoms. The first kappa shape index (κ1) is 42.6. The van der Waals surface area contributed by atoms with E-state index in [4.69, 9.17) is 21.3 Å². The Bertz CT molecular complexity index is 2590. The molecule has 14 heteroatoms. The van der Waals surface area contributed by atoms with Gasteiger partial charge in [-0.15, -0.1) is 0 Å². The van der Waals surface area contributed by atoms with Crippen molar-refractivity contribution in [2.75, 3.05) is 49.1 Å². The predicted octanol–water partition coefficient (Wildman–Crippen LogP) is 7.14. The van der Waals surface area contributed by atoms with Crippen LogP contribution in [0.5, 0.6) is 5.75 Å². The molecule has 9 rings (SSSR count). The Kier molecular flexibility index (Phi) is 12.0. The number of hydrogen-bond acceptors (Lipinski definition) is 10. The topological polar surface area (TPSA) is 142 Å². The monoisotopic (exact) mass is 869 g/mol. The molecule has 0 aliphatic carbocycles. The van der Waals surface area contributed by atoms with Crippen LogP contribution in [0.2, 0.25) is 5.02 Å². The van der Waals surface area contributed by atoms with E-state index in [0.717, 1.165) is 109 Å². The molecule has 2 amide bonds. The fourth-order valence-electron chi connectivity index (χ4n) is 10.5. The maximum absolute atomic E-state index is 13.3. The molecule has 1 atom stereocenters. The Morgan fingerprint density at radius 2 is 1.51 bits per heavy atom. The van der Waals surface area contributed by atoms with Crippen LogP contribution < -0.4 is 25.5 Å². The lowest BCUT2D eigenvalue weighted by atomic mass is 9.78. The summed E-state index contributed by atoms with van der Waals surface area (Å²) in [6, 6.07) is 23.8. The number of aryl methyl sites for hydroxylation is 1. The van der Waals surface area contributed by atoms with Gasteiger partial charge in [-0.2, -0.15) is 5.26 Å². The summed E-state index contributed by atoms with van der Waals surface area (Å²) >= 11 is 6.32. The maximum atomic E-state index is 13.3. The van der Waals surface area contributed by atoms with Crippen molar-refractivity contribution in [3.05, 3.63) is 111 Å². The molecule has 3 aromatic carbocycles. The van der Waals surface area contributed by atoms with Gasteiger partial charge in [-0.3, -0.25) is 24.0 Å². The third-order valence-electron chi connectivity index (χ3n) is 14.4. The standard InChI is InChI=1S/C49H56ClN9O4/c1-49(2,36-26-32(30-51)27-37(50)28-36)35-4-7-41(8-5-35)63-31-38-12-19-52-47(53-38)58-24-17-39(18-25-58)56-20-13-33(14-21-56)34-15-22-57(23-16-34)40-6-9-42-44(29-40)55(3)48(62)59(42)43-10-11-45(60)54-46(43)61/h4-9,12,19,26-29,33-34,39,43H,10-11,13-18,20-25,31H2,1-3H3,(H,54,60,61). The summed E-state index contributed by atoms with van der Waals surface area (Å²) in [6.45, 7) is 10.8. The number of imidazole rings is 1. The first-order valence-corrected chi connectivity index (χ1v) is 22.9. The predicted molar refractivity (Wildman–Crippen MR) is 244 cm³/mol. The van der Waals surface area contributed by atoms with Crippen LogP contribution in [0.4, 0.5) is 11.6 Å². The Hall–Kier alpha value is -5.71. The van der Waals surface area contributed by atoms with Crippen molar-refractivity contribution in [1.29, 1.82) is 5.26 Å². The summed E-state index contributed by atoms with van der Waals surface area (Å²) in [4.78, 5) is 54.7. The summed E-state index contributed by atoms with van der Waals surface area (Å²) < 4.78 is 9.35. The molecule has 0 spiro atoms. The normalized spacial score (nSPS) is 20.0. The maximum Gasteiger partial charge on any atom is 0.329 e. The third kappa shape index (κ3) is 8.80. The fraction of sp³-hybridized carbons (Fsp3) is 0.469. The summed E-state index contributed by atoms with van der Waals surface area (Å²) in [5.74, 6) is 2.32. The highest BCUT2D eigenvalue weighted by Gasteiger charge is 2.35. The van der Waals surface area contributed by atoms with Crippen LogP contribution in [0.15, 0.2) is 77.7 Å². The van der Waals surface area contributed by atoms with Crippen molar-refractivity contribution in [2.24, 2.45) is 18.9 Å². The smallest absolute Gasteiger partial charge is 0.329 e. The number of hydrogen-bond donors (Lipinski definition) is 1. The van der Waals surface area contributed by atoms with E-state index in [9.17, 15) is 19.6 Å². The number of carbonyl (C=O) groups excluding carboxylic acids is 2. The van der Waals surface area contributed by atoms with Crippen LogP contribution in [0.3, 0.4) is 0 Å². The number of amides is 2. The number of likely N-dealkylation sites (tertiary alicyclic amines) is 1. The number of nitrogens with zero attached hydrogens (tertiary/aromatic N) is 8. The number of fused-ring (bicyclic) bond motifs is 1. The van der Waals surface area contributed by atoms with Gasteiger partial charge in [-0.1, -0.05) is 37.6 Å². The number of nitriles is 1. The Morgan fingerprint density at radius 1 is 0.810 bits per heavy atom. The largest absolute Gasteiger partial charge is 0.487 e. The van der Waals surface area contributed by atoms with Crippen LogP contribution in [0.1, 0.15) is 93.6 Å². The van der Waals surface area contributed by atoms with Gasteiger partial charge in [0.25, 0.3) is 0 Å². The molecular weight excluding hydrogens is 814 g/mol. The first-order chi connectivity index (χ1) is 30.4. The average Bonchev–Trinajstić information content (AvgIpc) is 3.56. The molecule has 0 saturated carbocycles. The van der Waals surface area contributed by atoms with E-state index in [2.05, 4.69) is 69.2 Å². The molecule has 0 radical (unpaired) electrons. The van der Waals surface area contributed by atoms with E-state index in [-0.39, 0.29) is 23.4 Å². The van der Waals surface area contributed by atoms with E-state index in [1.54, 1.807) is 22.2 Å². The van der Waals surface area contributed by atoms with Gasteiger partial charge >= 0.3 is 5.69 Å². The number of anilines is 2. The lowest BCUT2D eigenvalue weighted by molar-refractivity contribution is -0.135. The van der Waals surface area contributed by atoms with Crippen molar-refractivity contribution in [3.8, 4) is 11.8 Å². The zero-order valence-electron chi connectivity index (χ0n) is 36.4. The molecular formula is C49H56ClN9O4. The van der Waals surface area contributed by atoms with Crippen LogP contribution in [-0.4, -0.2) is 81.1 Å². The van der Waals surface area contributed by atoms with Gasteiger partial charge in [-0.05, 0) is 136 Å². The average molecular weight is 870 g/mol. The number of imide groups is 1. The Morgan fingerprint density at radius 3 is 2.21 bits per heavy atom. The first-order valence-electron chi connectivity index (χ1n) is 22.5. The van der Waals surface area contributed by atoms with Gasteiger partial charge in [0.1, 0.15) is 18.4 Å². The second-order valence-corrected chi connectivity index (χ2v) is 18.8. The number of rotatable bonds is 10. The van der Waals surface area contributed by atoms with Gasteiger partial charge in [-0.25, -0.2) is 14.8 Å². The molecule has 5 aromatic rings. The molecule has 2 aromatic heterocycles. The van der Waals surface area contributed by atoms with Crippen molar-refractivity contribution < 1.29 is 14.3 Å². The lowest BCUT2D eigenvalue weighted by Crippen LogP contribution is -2.49. The van der Waals surface area contributed by atoms with E-state index in [1.165, 1.54) is 25.7 Å². The van der Waals surface area contributed by atoms with Crippen molar-refractivity contribution in [3.63, 3.8) is 0 Å². The molecule has 1 N–H and O–H groups in total. The molecule has 1 unspecified atom stereocenters. The molecule has 13 nitrogen and oxygen atoms in total. The SMILES string of the molecule is Cn1c(=O)n(C2CCC(=O)NC2=O)c2ccc(N3CCC(C4CCN(C5CCN(c6nccc(COc7ccc(C(C)(C)c8cc(Cl)cc(C#N)c8)cc7)n6)CC5)CC4)CC3)cc21. The second-order valence-electron chi connectivity index (χ2n) is 18.4. The molecule has 328 valence electrons. The van der Waals surface area contributed by atoms with E-state index in [0.29, 0.717) is 29.7 Å². The number of ether oxygens (including phenoxy) is 1. The number of benzene rings is 3. The number of carbonyl (C=O) groups is 2. The highest BCUT2D eigenvalue weighted by Crippen LogP contribution is 2.37. The number of aromatic nitrogens is 4. The van der Waals surface area contributed by atoms with Crippen LogP contribution in [0.25, 0.3) is 11.0 Å².